The van der Waals surface area contributed by atoms with Crippen molar-refractivity contribution in [1.29, 1.82) is 0 Å². The summed E-state index contributed by atoms with van der Waals surface area (Å²) in [6, 6.07) is 9.16. The minimum absolute atomic E-state index is 0.0933. The van der Waals surface area contributed by atoms with Crippen LogP contribution in [0.1, 0.15) is 17.4 Å². The van der Waals surface area contributed by atoms with Gasteiger partial charge in [-0.3, -0.25) is 0 Å². The second kappa shape index (κ2) is 3.67. The number of aliphatic hydroxyl groups excluding tert-OH is 1. The summed E-state index contributed by atoms with van der Waals surface area (Å²) < 4.78 is 1.69. The van der Waals surface area contributed by atoms with Crippen molar-refractivity contribution in [2.24, 2.45) is 10.2 Å². The number of nitrogen functional groups attached to an aromatic ring is 1. The Morgan fingerprint density at radius 1 is 1.29 bits per heavy atom. The Kier molecular flexibility index (Phi) is 2.15. The number of azo groups is 1. The molecule has 0 amide bonds. The normalized spacial score (nSPS) is 17.4. The van der Waals surface area contributed by atoms with Gasteiger partial charge in [0.15, 0.2) is 12.0 Å². The molecule has 1 aliphatic rings. The van der Waals surface area contributed by atoms with Gasteiger partial charge < -0.3 is 10.8 Å². The molecule has 0 fully saturated rings. The van der Waals surface area contributed by atoms with Gasteiger partial charge in [0.2, 0.25) is 0 Å². The molecule has 1 unspecified atom stereocenters. The molecule has 1 aliphatic heterocycles. The lowest BCUT2D eigenvalue weighted by molar-refractivity contribution is 0.274. The molecule has 6 nitrogen and oxygen atoms in total. The fraction of sp³-hybridized carbons (Fsp3) is 0.182. The molecule has 2 heterocycles. The standard InChI is InChI=1S/C11H11N5O/c12-8-3-1-7(2-4-8)11-14-13-10-5-9(6-17)15-16(10)11/h1-5,11,17H,6,12H2. The van der Waals surface area contributed by atoms with Crippen molar-refractivity contribution in [2.75, 3.05) is 5.73 Å². The first-order valence-corrected chi connectivity index (χ1v) is 5.23. The van der Waals surface area contributed by atoms with Crippen LogP contribution in [0.5, 0.6) is 0 Å². The monoisotopic (exact) mass is 229 g/mol. The summed E-state index contributed by atoms with van der Waals surface area (Å²) in [4.78, 5) is 0. The molecule has 3 rings (SSSR count). The number of nitrogens with zero attached hydrogens (tertiary/aromatic N) is 4. The molecule has 0 aliphatic carbocycles. The van der Waals surface area contributed by atoms with Crippen molar-refractivity contribution >= 4 is 11.5 Å². The van der Waals surface area contributed by atoms with Gasteiger partial charge in [-0.1, -0.05) is 12.1 Å². The van der Waals surface area contributed by atoms with Gasteiger partial charge in [0.25, 0.3) is 0 Å². The maximum Gasteiger partial charge on any atom is 0.190 e. The highest BCUT2D eigenvalue weighted by Crippen LogP contribution is 2.33. The van der Waals surface area contributed by atoms with E-state index in [4.69, 9.17) is 10.8 Å². The molecule has 1 aromatic heterocycles. The maximum absolute atomic E-state index is 9.02. The van der Waals surface area contributed by atoms with Crippen LogP contribution in [-0.2, 0) is 6.61 Å². The summed E-state index contributed by atoms with van der Waals surface area (Å²) in [6.45, 7) is -0.0933. The molecule has 17 heavy (non-hydrogen) atoms. The van der Waals surface area contributed by atoms with Crippen LogP contribution in [-0.4, -0.2) is 14.9 Å². The van der Waals surface area contributed by atoms with Crippen LogP contribution in [0.4, 0.5) is 11.5 Å². The molecule has 2 aromatic rings. The molecule has 0 bridgehead atoms. The quantitative estimate of drug-likeness (QED) is 0.766. The minimum atomic E-state index is -0.258. The molecule has 1 aromatic carbocycles. The Labute approximate surface area is 97.4 Å². The SMILES string of the molecule is Nc1ccc(C2N=Nc3cc(CO)nn32)cc1. The van der Waals surface area contributed by atoms with E-state index in [0.29, 0.717) is 17.2 Å². The van der Waals surface area contributed by atoms with Gasteiger partial charge in [-0.2, -0.15) is 10.2 Å². The Bertz CT molecular complexity index is 572. The topological polar surface area (TPSA) is 88.8 Å². The van der Waals surface area contributed by atoms with Gasteiger partial charge in [-0.05, 0) is 12.1 Å². The molecule has 0 saturated carbocycles. The average Bonchev–Trinajstić information content (AvgIpc) is 2.89. The fourth-order valence-corrected chi connectivity index (χ4v) is 1.80. The zero-order chi connectivity index (χ0) is 11.8. The van der Waals surface area contributed by atoms with Crippen LogP contribution in [0, 0.1) is 0 Å². The van der Waals surface area contributed by atoms with Crippen molar-refractivity contribution in [2.45, 2.75) is 12.8 Å². The number of aromatic nitrogens is 2. The van der Waals surface area contributed by atoms with Crippen molar-refractivity contribution < 1.29 is 5.11 Å². The van der Waals surface area contributed by atoms with Gasteiger partial charge in [0.05, 0.1) is 12.3 Å². The maximum atomic E-state index is 9.02. The largest absolute Gasteiger partial charge is 0.399 e. The van der Waals surface area contributed by atoms with Crippen LogP contribution in [0.3, 0.4) is 0 Å². The number of nitrogens with two attached hydrogens (primary N) is 1. The van der Waals surface area contributed by atoms with Gasteiger partial charge in [-0.25, -0.2) is 4.68 Å². The molecule has 0 radical (unpaired) electrons. The lowest BCUT2D eigenvalue weighted by Gasteiger charge is -2.08. The summed E-state index contributed by atoms with van der Waals surface area (Å²) in [5.41, 5.74) is 7.91. The van der Waals surface area contributed by atoms with E-state index in [-0.39, 0.29) is 12.8 Å². The van der Waals surface area contributed by atoms with Gasteiger partial charge >= 0.3 is 0 Å². The van der Waals surface area contributed by atoms with Crippen LogP contribution in [0.15, 0.2) is 40.6 Å². The van der Waals surface area contributed by atoms with E-state index < -0.39 is 0 Å². The summed E-state index contributed by atoms with van der Waals surface area (Å²) in [5.74, 6) is 0.663. The van der Waals surface area contributed by atoms with Gasteiger partial charge in [0, 0.05) is 17.3 Å². The van der Waals surface area contributed by atoms with Crippen LogP contribution < -0.4 is 5.73 Å². The third kappa shape index (κ3) is 1.58. The van der Waals surface area contributed by atoms with E-state index in [1.165, 1.54) is 0 Å². The number of fused-ring (bicyclic) bond motifs is 1. The van der Waals surface area contributed by atoms with E-state index in [2.05, 4.69) is 15.3 Å². The number of aliphatic hydroxyl groups is 1. The summed E-state index contributed by atoms with van der Waals surface area (Å²) in [6.07, 6.45) is -0.258. The first kappa shape index (κ1) is 9.98. The number of hydrogen-bond acceptors (Lipinski definition) is 5. The highest BCUT2D eigenvalue weighted by atomic mass is 16.3. The smallest absolute Gasteiger partial charge is 0.190 e. The summed E-state index contributed by atoms with van der Waals surface area (Å²) >= 11 is 0. The zero-order valence-electron chi connectivity index (χ0n) is 8.98. The fourth-order valence-electron chi connectivity index (χ4n) is 1.80. The molecular weight excluding hydrogens is 218 g/mol. The minimum Gasteiger partial charge on any atom is -0.399 e. The predicted octanol–water partition coefficient (Wildman–Crippen LogP) is 1.60. The third-order valence-electron chi connectivity index (χ3n) is 2.66. The summed E-state index contributed by atoms with van der Waals surface area (Å²) in [5, 5.41) is 21.4. The number of rotatable bonds is 2. The molecule has 0 saturated heterocycles. The van der Waals surface area contributed by atoms with E-state index in [1.807, 2.05) is 24.3 Å². The third-order valence-corrected chi connectivity index (χ3v) is 2.66. The van der Waals surface area contributed by atoms with Crippen LogP contribution in [0.2, 0.25) is 0 Å². The Hall–Kier alpha value is -2.21. The molecule has 3 N–H and O–H groups in total. The average molecular weight is 229 g/mol. The van der Waals surface area contributed by atoms with Crippen LogP contribution >= 0.6 is 0 Å². The molecule has 6 heteroatoms. The zero-order valence-corrected chi connectivity index (χ0v) is 8.98. The Morgan fingerprint density at radius 2 is 2.06 bits per heavy atom. The van der Waals surface area contributed by atoms with Crippen LogP contribution in [0.25, 0.3) is 0 Å². The van der Waals surface area contributed by atoms with E-state index in [9.17, 15) is 0 Å². The molecular formula is C11H11N5O. The highest BCUT2D eigenvalue weighted by Gasteiger charge is 2.23. The van der Waals surface area contributed by atoms with Crippen molar-refractivity contribution in [1.82, 2.24) is 9.78 Å². The molecule has 1 atom stereocenters. The lowest BCUT2D eigenvalue weighted by Crippen LogP contribution is -2.06. The number of benzene rings is 1. The second-order valence-electron chi connectivity index (χ2n) is 3.85. The predicted molar refractivity (Wildman–Crippen MR) is 61.7 cm³/mol. The van der Waals surface area contributed by atoms with Crippen molar-refractivity contribution in [3.05, 3.63) is 41.6 Å². The van der Waals surface area contributed by atoms with E-state index in [0.717, 1.165) is 5.56 Å². The molecule has 0 spiro atoms. The van der Waals surface area contributed by atoms with E-state index in [1.54, 1.807) is 10.7 Å². The first-order valence-electron chi connectivity index (χ1n) is 5.23. The molecule has 86 valence electrons. The van der Waals surface area contributed by atoms with Gasteiger partial charge in [-0.15, -0.1) is 5.11 Å². The Balaban J connectivity index is 2.00. The first-order chi connectivity index (χ1) is 8.28. The summed E-state index contributed by atoms with van der Waals surface area (Å²) in [7, 11) is 0. The van der Waals surface area contributed by atoms with Crippen molar-refractivity contribution in [3.63, 3.8) is 0 Å². The Morgan fingerprint density at radius 3 is 2.76 bits per heavy atom. The lowest BCUT2D eigenvalue weighted by atomic mass is 10.1. The number of hydrogen-bond donors (Lipinski definition) is 2. The highest BCUT2D eigenvalue weighted by molar-refractivity contribution is 5.42. The van der Waals surface area contributed by atoms with Gasteiger partial charge in [0.1, 0.15) is 0 Å². The van der Waals surface area contributed by atoms with E-state index >= 15 is 0 Å². The second-order valence-corrected chi connectivity index (χ2v) is 3.85. The number of anilines is 1. The van der Waals surface area contributed by atoms with Crippen molar-refractivity contribution in [3.8, 4) is 0 Å².